The summed E-state index contributed by atoms with van der Waals surface area (Å²) in [5.41, 5.74) is 3.35. The Morgan fingerprint density at radius 2 is 1.95 bits per heavy atom. The predicted octanol–water partition coefficient (Wildman–Crippen LogP) is 5.00. The number of carbonyl (C=O) groups excluding carboxylic acids is 1. The second kappa shape index (κ2) is 7.32. The molecule has 0 saturated carbocycles. The Bertz CT molecular complexity index is 683. The summed E-state index contributed by atoms with van der Waals surface area (Å²) in [6.45, 7) is 6.53. The van der Waals surface area contributed by atoms with Crippen molar-refractivity contribution < 1.29 is 9.53 Å². The van der Waals surface area contributed by atoms with E-state index in [-0.39, 0.29) is 5.91 Å². The molecule has 0 aliphatic rings. The van der Waals surface area contributed by atoms with E-state index in [1.54, 1.807) is 18.2 Å². The average molecular weight is 318 g/mol. The molecule has 22 heavy (non-hydrogen) atoms. The van der Waals surface area contributed by atoms with E-state index in [0.717, 1.165) is 23.2 Å². The Kier molecular flexibility index (Phi) is 5.45. The van der Waals surface area contributed by atoms with Crippen molar-refractivity contribution in [3.8, 4) is 5.75 Å². The number of rotatable bonds is 5. The highest BCUT2D eigenvalue weighted by atomic mass is 35.5. The molecule has 0 spiro atoms. The molecule has 0 aliphatic heterocycles. The lowest BCUT2D eigenvalue weighted by molar-refractivity contribution is 0.102. The van der Waals surface area contributed by atoms with Crippen LogP contribution in [-0.2, 0) is 0 Å². The van der Waals surface area contributed by atoms with Crippen LogP contribution in [0.2, 0.25) is 5.02 Å². The number of carbonyl (C=O) groups is 1. The summed E-state index contributed by atoms with van der Waals surface area (Å²) >= 11 is 6.02. The summed E-state index contributed by atoms with van der Waals surface area (Å²) in [6.07, 6.45) is 0.876. The quantitative estimate of drug-likeness (QED) is 0.843. The van der Waals surface area contributed by atoms with Crippen LogP contribution in [0.25, 0.3) is 0 Å². The molecule has 0 aromatic heterocycles. The van der Waals surface area contributed by atoms with Crippen molar-refractivity contribution >= 4 is 23.2 Å². The van der Waals surface area contributed by atoms with Gasteiger partial charge in [0.05, 0.1) is 12.2 Å². The summed E-state index contributed by atoms with van der Waals surface area (Å²) in [6, 6.07) is 11.0. The first-order valence-electron chi connectivity index (χ1n) is 7.32. The van der Waals surface area contributed by atoms with Crippen molar-refractivity contribution in [1.82, 2.24) is 0 Å². The van der Waals surface area contributed by atoms with Gasteiger partial charge in [-0.3, -0.25) is 4.79 Å². The van der Waals surface area contributed by atoms with Crippen molar-refractivity contribution in [3.63, 3.8) is 0 Å². The molecule has 3 nitrogen and oxygen atoms in total. The van der Waals surface area contributed by atoms with Crippen LogP contribution in [-0.4, -0.2) is 12.5 Å². The SMILES string of the molecule is CCCOc1ccc(Cl)cc1C(=O)Nc1cc(C)ccc1C. The molecule has 4 heteroatoms. The average Bonchev–Trinajstić information content (AvgIpc) is 2.49. The largest absolute Gasteiger partial charge is 0.493 e. The number of anilines is 1. The third kappa shape index (κ3) is 4.01. The molecule has 0 bridgehead atoms. The highest BCUT2D eigenvalue weighted by Crippen LogP contribution is 2.25. The van der Waals surface area contributed by atoms with Gasteiger partial charge < -0.3 is 10.1 Å². The molecule has 116 valence electrons. The summed E-state index contributed by atoms with van der Waals surface area (Å²) < 4.78 is 5.63. The molecule has 1 N–H and O–H groups in total. The molecule has 0 atom stereocenters. The summed E-state index contributed by atoms with van der Waals surface area (Å²) in [5, 5.41) is 3.44. The Hall–Kier alpha value is -2.00. The van der Waals surface area contributed by atoms with Crippen LogP contribution in [0.15, 0.2) is 36.4 Å². The molecule has 0 saturated heterocycles. The third-order valence-electron chi connectivity index (χ3n) is 3.29. The minimum Gasteiger partial charge on any atom is -0.493 e. The lowest BCUT2D eigenvalue weighted by Gasteiger charge is -2.13. The Balaban J connectivity index is 2.28. The number of hydrogen-bond donors (Lipinski definition) is 1. The van der Waals surface area contributed by atoms with Crippen LogP contribution >= 0.6 is 11.6 Å². The zero-order valence-electron chi connectivity index (χ0n) is 13.1. The standard InChI is InChI=1S/C18H20ClNO2/c1-4-9-22-17-8-7-14(19)11-15(17)18(21)20-16-10-12(2)5-6-13(16)3/h5-8,10-11H,4,9H2,1-3H3,(H,20,21). The maximum Gasteiger partial charge on any atom is 0.259 e. The number of hydrogen-bond acceptors (Lipinski definition) is 2. The number of amides is 1. The van der Waals surface area contributed by atoms with Gasteiger partial charge in [-0.15, -0.1) is 0 Å². The normalized spacial score (nSPS) is 10.4. The maximum atomic E-state index is 12.6. The van der Waals surface area contributed by atoms with Gasteiger partial charge in [-0.1, -0.05) is 30.7 Å². The molecule has 0 heterocycles. The highest BCUT2D eigenvalue weighted by Gasteiger charge is 2.14. The van der Waals surface area contributed by atoms with Gasteiger partial charge in [0, 0.05) is 10.7 Å². The third-order valence-corrected chi connectivity index (χ3v) is 3.52. The number of halogens is 1. The lowest BCUT2D eigenvalue weighted by Crippen LogP contribution is -2.15. The topological polar surface area (TPSA) is 38.3 Å². The number of nitrogens with one attached hydrogen (secondary N) is 1. The Labute approximate surface area is 136 Å². The van der Waals surface area contributed by atoms with Crippen LogP contribution in [0.5, 0.6) is 5.75 Å². The van der Waals surface area contributed by atoms with Gasteiger partial charge in [-0.2, -0.15) is 0 Å². The molecule has 2 rings (SSSR count). The number of ether oxygens (including phenoxy) is 1. The number of aryl methyl sites for hydroxylation is 2. The minimum atomic E-state index is -0.220. The van der Waals surface area contributed by atoms with E-state index in [1.165, 1.54) is 0 Å². The van der Waals surface area contributed by atoms with Crippen molar-refractivity contribution in [2.24, 2.45) is 0 Å². The monoisotopic (exact) mass is 317 g/mol. The van der Waals surface area contributed by atoms with Crippen molar-refractivity contribution in [1.29, 1.82) is 0 Å². The van der Waals surface area contributed by atoms with E-state index in [2.05, 4.69) is 5.32 Å². The maximum absolute atomic E-state index is 12.6. The van der Waals surface area contributed by atoms with Crippen LogP contribution in [0.4, 0.5) is 5.69 Å². The van der Waals surface area contributed by atoms with Gasteiger partial charge in [0.25, 0.3) is 5.91 Å². The molecular weight excluding hydrogens is 298 g/mol. The van der Waals surface area contributed by atoms with Gasteiger partial charge in [-0.25, -0.2) is 0 Å². The van der Waals surface area contributed by atoms with Gasteiger partial charge in [0.1, 0.15) is 5.75 Å². The van der Waals surface area contributed by atoms with Crippen LogP contribution in [0, 0.1) is 13.8 Å². The first kappa shape index (κ1) is 16.4. The lowest BCUT2D eigenvalue weighted by atomic mass is 10.1. The van der Waals surface area contributed by atoms with Crippen LogP contribution < -0.4 is 10.1 Å². The smallest absolute Gasteiger partial charge is 0.259 e. The zero-order chi connectivity index (χ0) is 16.1. The molecule has 2 aromatic rings. The number of benzene rings is 2. The Morgan fingerprint density at radius 1 is 1.18 bits per heavy atom. The Morgan fingerprint density at radius 3 is 2.68 bits per heavy atom. The van der Waals surface area contributed by atoms with Gasteiger partial charge in [-0.05, 0) is 55.7 Å². The van der Waals surface area contributed by atoms with E-state index >= 15 is 0 Å². The fourth-order valence-corrected chi connectivity index (χ4v) is 2.25. The molecule has 0 unspecified atom stereocenters. The minimum absolute atomic E-state index is 0.220. The van der Waals surface area contributed by atoms with Crippen molar-refractivity contribution in [3.05, 3.63) is 58.1 Å². The fourth-order valence-electron chi connectivity index (χ4n) is 2.08. The van der Waals surface area contributed by atoms with Gasteiger partial charge >= 0.3 is 0 Å². The summed E-state index contributed by atoms with van der Waals surface area (Å²) in [7, 11) is 0. The van der Waals surface area contributed by atoms with Gasteiger partial charge in [0.15, 0.2) is 0 Å². The predicted molar refractivity (Wildman–Crippen MR) is 91.1 cm³/mol. The van der Waals surface area contributed by atoms with E-state index in [9.17, 15) is 4.79 Å². The molecule has 0 aliphatic carbocycles. The van der Waals surface area contributed by atoms with E-state index < -0.39 is 0 Å². The zero-order valence-corrected chi connectivity index (χ0v) is 13.8. The molecular formula is C18H20ClNO2. The second-order valence-electron chi connectivity index (χ2n) is 5.26. The fraction of sp³-hybridized carbons (Fsp3) is 0.278. The molecule has 1 amide bonds. The van der Waals surface area contributed by atoms with Crippen molar-refractivity contribution in [2.45, 2.75) is 27.2 Å². The first-order chi connectivity index (χ1) is 10.5. The molecule has 0 fully saturated rings. The van der Waals surface area contributed by atoms with E-state index in [4.69, 9.17) is 16.3 Å². The van der Waals surface area contributed by atoms with E-state index in [1.807, 2.05) is 39.0 Å². The van der Waals surface area contributed by atoms with Crippen LogP contribution in [0.1, 0.15) is 34.8 Å². The first-order valence-corrected chi connectivity index (χ1v) is 7.70. The summed E-state index contributed by atoms with van der Waals surface area (Å²) in [5.74, 6) is 0.330. The molecule has 2 aromatic carbocycles. The second-order valence-corrected chi connectivity index (χ2v) is 5.70. The van der Waals surface area contributed by atoms with Gasteiger partial charge in [0.2, 0.25) is 0 Å². The van der Waals surface area contributed by atoms with Crippen LogP contribution in [0.3, 0.4) is 0 Å². The van der Waals surface area contributed by atoms with E-state index in [0.29, 0.717) is 22.9 Å². The summed E-state index contributed by atoms with van der Waals surface area (Å²) in [4.78, 5) is 12.6. The van der Waals surface area contributed by atoms with Crippen molar-refractivity contribution in [2.75, 3.05) is 11.9 Å². The highest BCUT2D eigenvalue weighted by molar-refractivity contribution is 6.31. The molecule has 0 radical (unpaired) electrons.